The molecule has 3 heterocycles. The van der Waals surface area contributed by atoms with Crippen molar-refractivity contribution < 1.29 is 75.5 Å². The number of carbonyl (C=O) groups is 13. The number of carbonyl (C=O) groups excluding carboxylic acids is 13. The Morgan fingerprint density at radius 1 is 0.657 bits per heavy atom. The van der Waals surface area contributed by atoms with Gasteiger partial charge in [-0.15, -0.1) is 0 Å². The number of fused-ring (bicyclic) bond motifs is 1. The lowest BCUT2D eigenvalue weighted by Crippen LogP contribution is -2.65. The standard InChI is InChI=1S/C75H115ClF3N13O13/c1-15-46(4)62-71(103)85(9)47(5)66(98)92-38-33-54(92)70(102)88(12)57(41-48-25-17-16-18-26-48)69(101)84(8)44-59(93)80-53(32-30-49-29-31-51(52(76)40-49)75(77,78)79)67(99)87(11)56(42-61(95)91-36-23-24-37-91)65(97)82-74(34-21-22-35-74)73(105)90(14)63(50-27-19-20-28-50)72(104)89(13)58(68(100)83(6)7)43-60(94)86(10)55(39-45(2)3)64(96)81-62/h29,31,40,45-48,50,53-58,62-63H,15-28,30,32-39,41-44H2,1-14H3,(H,80,93)(H,81,96)(H,82,97)/t46-,47-,53-,54?,55-,56-,57-,58-,62-,63-/m0/s1. The van der Waals surface area contributed by atoms with Gasteiger partial charge in [0.2, 0.25) is 76.8 Å². The van der Waals surface area contributed by atoms with Gasteiger partial charge in [-0.1, -0.05) is 110 Å². The molecule has 3 saturated heterocycles. The molecule has 0 radical (unpaired) electrons. The third-order valence-electron chi connectivity index (χ3n) is 23.3. The van der Waals surface area contributed by atoms with E-state index in [2.05, 4.69) is 16.0 Å². The number of nitrogens with zero attached hydrogens (tertiary/aromatic N) is 10. The van der Waals surface area contributed by atoms with Crippen LogP contribution in [0.3, 0.4) is 0 Å². The van der Waals surface area contributed by atoms with Crippen molar-refractivity contribution in [3.8, 4) is 0 Å². The van der Waals surface area contributed by atoms with E-state index in [1.165, 1.54) is 106 Å². The van der Waals surface area contributed by atoms with Gasteiger partial charge in [-0.25, -0.2) is 0 Å². The average Bonchev–Trinajstić information content (AvgIpc) is 1.75. The summed E-state index contributed by atoms with van der Waals surface area (Å²) in [5.41, 5.74) is -2.60. The summed E-state index contributed by atoms with van der Waals surface area (Å²) in [5, 5.41) is 8.01. The predicted molar refractivity (Wildman–Crippen MR) is 387 cm³/mol. The number of aryl methyl sites for hydroxylation is 1. The number of nitrogens with one attached hydrogen (secondary N) is 3. The zero-order chi connectivity index (χ0) is 77.9. The molecule has 3 aliphatic carbocycles. The molecule has 3 saturated carbocycles. The number of likely N-dealkylation sites (tertiary alicyclic amines) is 1. The summed E-state index contributed by atoms with van der Waals surface area (Å²) in [6, 6.07) is -8.82. The van der Waals surface area contributed by atoms with Crippen LogP contribution < -0.4 is 16.0 Å². The van der Waals surface area contributed by atoms with Gasteiger partial charge in [-0.05, 0) is 119 Å². The monoisotopic (exact) mass is 1500 g/mol. The van der Waals surface area contributed by atoms with Crippen LogP contribution in [0.25, 0.3) is 0 Å². The first-order valence-electron chi connectivity index (χ1n) is 37.8. The number of hydrogen-bond donors (Lipinski definition) is 3. The number of hydrogen-bond acceptors (Lipinski definition) is 13. The summed E-state index contributed by atoms with van der Waals surface area (Å²) in [7, 11) is 12.7. The molecule has 6 aliphatic rings. The molecule has 1 unspecified atom stereocenters. The van der Waals surface area contributed by atoms with E-state index in [4.69, 9.17) is 11.6 Å². The summed E-state index contributed by atoms with van der Waals surface area (Å²) < 4.78 is 42.0. The fourth-order valence-electron chi connectivity index (χ4n) is 16.1. The highest BCUT2D eigenvalue weighted by molar-refractivity contribution is 6.31. The lowest BCUT2D eigenvalue weighted by molar-refractivity contribution is -0.160. The highest BCUT2D eigenvalue weighted by atomic mass is 35.5. The molecule has 1 spiro atoms. The lowest BCUT2D eigenvalue weighted by Gasteiger charge is -2.45. The van der Waals surface area contributed by atoms with Crippen molar-refractivity contribution >= 4 is 88.4 Å². The maximum Gasteiger partial charge on any atom is 0.417 e. The van der Waals surface area contributed by atoms with Gasteiger partial charge in [0.1, 0.15) is 59.9 Å². The smallest absolute Gasteiger partial charge is 0.347 e. The Balaban J connectivity index is 1.33. The molecule has 10 atom stereocenters. The summed E-state index contributed by atoms with van der Waals surface area (Å²) in [6.07, 6.45) is 3.33. The average molecular weight is 1500 g/mol. The fraction of sp³-hybridized carbons (Fsp3) is 0.747. The largest absolute Gasteiger partial charge is 0.417 e. The van der Waals surface area contributed by atoms with E-state index in [0.29, 0.717) is 70.9 Å². The van der Waals surface area contributed by atoms with Crippen molar-refractivity contribution in [3.63, 3.8) is 0 Å². The van der Waals surface area contributed by atoms with Crippen molar-refractivity contribution in [2.45, 2.75) is 248 Å². The van der Waals surface area contributed by atoms with Crippen LogP contribution in [0.5, 0.6) is 0 Å². The number of amides is 13. The molecule has 0 bridgehead atoms. The zero-order valence-corrected chi connectivity index (χ0v) is 64.9. The van der Waals surface area contributed by atoms with Gasteiger partial charge in [-0.2, -0.15) is 13.2 Å². The molecule has 3 aliphatic heterocycles. The van der Waals surface area contributed by atoms with Crippen molar-refractivity contribution in [3.05, 3.63) is 34.3 Å². The minimum Gasteiger partial charge on any atom is -0.347 e. The summed E-state index contributed by atoms with van der Waals surface area (Å²) in [6.45, 7) is 8.95. The van der Waals surface area contributed by atoms with Gasteiger partial charge in [-0.3, -0.25) is 62.3 Å². The maximum atomic E-state index is 15.8. The predicted octanol–water partition coefficient (Wildman–Crippen LogP) is 5.49. The summed E-state index contributed by atoms with van der Waals surface area (Å²) >= 11 is 6.19. The molecule has 7 rings (SSSR count). The zero-order valence-electron chi connectivity index (χ0n) is 64.1. The fourth-order valence-corrected chi connectivity index (χ4v) is 16.4. The van der Waals surface area contributed by atoms with Gasteiger partial charge in [0.25, 0.3) is 0 Å². The van der Waals surface area contributed by atoms with Crippen LogP contribution in [0.4, 0.5) is 13.2 Å². The van der Waals surface area contributed by atoms with Crippen LogP contribution in [0, 0.1) is 23.7 Å². The molecule has 3 N–H and O–H groups in total. The van der Waals surface area contributed by atoms with E-state index in [0.717, 1.165) is 58.9 Å². The molecule has 586 valence electrons. The van der Waals surface area contributed by atoms with E-state index >= 15 is 24.0 Å². The van der Waals surface area contributed by atoms with Crippen molar-refractivity contribution in [2.24, 2.45) is 23.7 Å². The van der Waals surface area contributed by atoms with Crippen molar-refractivity contribution in [1.29, 1.82) is 0 Å². The third kappa shape index (κ3) is 20.4. The SMILES string of the molecule is CC[C@H](C)[C@@H]1NC(=O)[C@H](CC(C)C)N(C)C(=O)C[C@@H](C(=O)N(C)C)N(C)C(=O)[C@H](C2CCCC2)N(C)C(=O)C2(CCCC2)NC(=O)[C@H](CC(=O)N2CCCC2)N(C)C(=O)[C@H](CCc2ccc(C(F)(F)F)c(Cl)c2)NC(=O)CN(C)C(=O)[C@H](CC2CCCCC2)N(C)C(=O)C2CCN2C(=O)[C@H](C)N(C)C1=O. The minimum absolute atomic E-state index is 0.0113. The number of rotatable bonds is 13. The summed E-state index contributed by atoms with van der Waals surface area (Å²) in [5.74, 6) is -10.2. The molecule has 1 aromatic carbocycles. The van der Waals surface area contributed by atoms with Crippen LogP contribution in [0.1, 0.15) is 187 Å². The Morgan fingerprint density at radius 3 is 1.83 bits per heavy atom. The quantitative estimate of drug-likeness (QED) is 0.221. The van der Waals surface area contributed by atoms with E-state index in [-0.39, 0.29) is 68.9 Å². The van der Waals surface area contributed by atoms with Gasteiger partial charge in [0.15, 0.2) is 0 Å². The van der Waals surface area contributed by atoms with Crippen LogP contribution in [-0.2, 0) is 74.9 Å². The molecule has 30 heteroatoms. The lowest BCUT2D eigenvalue weighted by atomic mass is 9.84. The molecular formula is C75H115ClF3N13O13. The normalized spacial score (nSPS) is 27.2. The third-order valence-corrected chi connectivity index (χ3v) is 23.6. The molecule has 6 fully saturated rings. The van der Waals surface area contributed by atoms with Gasteiger partial charge in [0, 0.05) is 83.1 Å². The van der Waals surface area contributed by atoms with E-state index < -0.39 is 185 Å². The number of halogens is 4. The Hall–Kier alpha value is -7.59. The number of alkyl halides is 3. The van der Waals surface area contributed by atoms with Crippen LogP contribution in [-0.4, -0.2) is 275 Å². The maximum absolute atomic E-state index is 15.8. The van der Waals surface area contributed by atoms with E-state index in [1.54, 1.807) is 11.8 Å². The molecule has 105 heavy (non-hydrogen) atoms. The highest BCUT2D eigenvalue weighted by Crippen LogP contribution is 2.39. The van der Waals surface area contributed by atoms with Gasteiger partial charge in [0.05, 0.1) is 30.0 Å². The van der Waals surface area contributed by atoms with Crippen LogP contribution >= 0.6 is 11.6 Å². The molecule has 1 aromatic rings. The first-order chi connectivity index (χ1) is 49.3. The van der Waals surface area contributed by atoms with Crippen LogP contribution in [0.15, 0.2) is 18.2 Å². The molecule has 0 aromatic heterocycles. The number of likely N-dealkylation sites (N-methyl/N-ethyl adjacent to an activating group) is 8. The van der Waals surface area contributed by atoms with Crippen LogP contribution in [0.2, 0.25) is 5.02 Å². The Morgan fingerprint density at radius 2 is 1.27 bits per heavy atom. The second-order valence-electron chi connectivity index (χ2n) is 31.2. The number of benzene rings is 1. The minimum atomic E-state index is -4.80. The van der Waals surface area contributed by atoms with Gasteiger partial charge >= 0.3 is 6.18 Å². The highest BCUT2D eigenvalue weighted by Gasteiger charge is 2.52. The van der Waals surface area contributed by atoms with E-state index in [9.17, 15) is 51.5 Å². The van der Waals surface area contributed by atoms with E-state index in [1.807, 2.05) is 20.8 Å². The van der Waals surface area contributed by atoms with Crippen molar-refractivity contribution in [1.82, 2.24) is 64.9 Å². The first-order valence-corrected chi connectivity index (χ1v) is 38.1. The second-order valence-corrected chi connectivity index (χ2v) is 31.6. The molecule has 26 nitrogen and oxygen atoms in total. The van der Waals surface area contributed by atoms with Gasteiger partial charge < -0.3 is 64.9 Å². The molecular weight excluding hydrogens is 1380 g/mol. The topological polar surface area (TPSA) is 290 Å². The van der Waals surface area contributed by atoms with Crippen molar-refractivity contribution in [2.75, 3.05) is 89.6 Å². The Kier molecular flexibility index (Phi) is 29.7. The summed E-state index contributed by atoms with van der Waals surface area (Å²) in [4.78, 5) is 208. The molecule has 13 amide bonds. The first kappa shape index (κ1) is 84.7. The Bertz CT molecular complexity index is 3340. The second kappa shape index (κ2) is 36.8. The Labute approximate surface area is 622 Å².